The minimum absolute atomic E-state index is 0. The zero-order valence-electron chi connectivity index (χ0n) is 1.65. The van der Waals surface area contributed by atoms with Crippen molar-refractivity contribution in [3.8, 4) is 0 Å². The molecule has 0 bridgehead atoms. The van der Waals surface area contributed by atoms with E-state index >= 15 is 0 Å². The Morgan fingerprint density at radius 3 is 1.25 bits per heavy atom. The quantitative estimate of drug-likeness (QED) is 0.509. The third kappa shape index (κ3) is 11.3. The minimum atomic E-state index is -1.42. The fraction of sp³-hybridized carbons (Fsp3) is 0. The summed E-state index contributed by atoms with van der Waals surface area (Å²) < 4.78 is 16.8. The summed E-state index contributed by atoms with van der Waals surface area (Å²) >= 11 is 0. The zero-order chi connectivity index (χ0) is 2.71. The van der Waals surface area contributed by atoms with Crippen molar-refractivity contribution in [2.24, 2.45) is 0 Å². The summed E-state index contributed by atoms with van der Waals surface area (Å²) in [6.45, 7) is 0. The van der Waals surface area contributed by atoms with E-state index in [1.165, 1.54) is 0 Å². The standard InChI is InChI=1S/O2Si.Tb/c1-3-2;. The summed E-state index contributed by atoms with van der Waals surface area (Å²) in [6.07, 6.45) is 0. The Hall–Kier alpha value is 1.10. The van der Waals surface area contributed by atoms with Gasteiger partial charge in [0.1, 0.15) is 0 Å². The normalized spacial score (nSPS) is 2.00. The smallest absolute Gasteiger partial charge is 0.274 e. The van der Waals surface area contributed by atoms with E-state index in [2.05, 4.69) is 0 Å². The van der Waals surface area contributed by atoms with Crippen molar-refractivity contribution in [3.63, 3.8) is 0 Å². The second-order valence-electron chi connectivity index (χ2n) is 0.0833. The van der Waals surface area contributed by atoms with Crippen LogP contribution >= 0.6 is 0 Å². The molecule has 4 heavy (non-hydrogen) atoms. The van der Waals surface area contributed by atoms with Crippen molar-refractivity contribution >= 4 is 9.29 Å². The minimum Gasteiger partial charge on any atom is -0.274 e. The summed E-state index contributed by atoms with van der Waals surface area (Å²) in [7, 11) is -1.42. The Bertz CT molecular complexity index is 27.0. The van der Waals surface area contributed by atoms with Crippen LogP contribution in [0.4, 0.5) is 0 Å². The molecule has 0 N–H and O–H groups in total. The molecule has 0 aliphatic heterocycles. The molecular weight excluding hydrogens is 219 g/mol. The molecule has 0 fully saturated rings. The van der Waals surface area contributed by atoms with Gasteiger partial charge in [-0.25, -0.2) is 0 Å². The first-order valence-electron chi connectivity index (χ1n) is 0.408. The van der Waals surface area contributed by atoms with Gasteiger partial charge in [-0.05, 0) is 0 Å². The topological polar surface area (TPSA) is 34.1 Å². The summed E-state index contributed by atoms with van der Waals surface area (Å²) in [5, 5.41) is 0. The van der Waals surface area contributed by atoms with E-state index in [4.69, 9.17) is 8.92 Å². The third-order valence-electron chi connectivity index (χ3n) is 0. The number of hydrogen-bond donors (Lipinski definition) is 0. The van der Waals surface area contributed by atoms with Crippen molar-refractivity contribution in [1.82, 2.24) is 0 Å². The number of hydrogen-bond acceptors (Lipinski definition) is 2. The second-order valence-corrected chi connectivity index (χ2v) is 0.250. The van der Waals surface area contributed by atoms with Crippen LogP contribution in [0.25, 0.3) is 0 Å². The van der Waals surface area contributed by atoms with Crippen LogP contribution in [0.2, 0.25) is 0 Å². The molecule has 0 aromatic heterocycles. The Morgan fingerprint density at radius 1 is 1.25 bits per heavy atom. The Morgan fingerprint density at radius 2 is 1.25 bits per heavy atom. The first-order chi connectivity index (χ1) is 1.41. The first kappa shape index (κ1) is 8.92. The SMILES string of the molecule is O=[Si]=O.[Tb]. The predicted molar refractivity (Wildman–Crippen MR) is 7.13 cm³/mol. The zero-order valence-corrected chi connectivity index (χ0v) is 4.79. The van der Waals surface area contributed by atoms with Gasteiger partial charge in [-0.1, -0.05) is 0 Å². The summed E-state index contributed by atoms with van der Waals surface area (Å²) in [4.78, 5) is 0. The van der Waals surface area contributed by atoms with E-state index in [1.54, 1.807) is 0 Å². The molecule has 0 rings (SSSR count). The molecule has 0 aromatic rings. The molecule has 25 valence electrons. The van der Waals surface area contributed by atoms with Crippen molar-refractivity contribution < 1.29 is 47.5 Å². The maximum absolute atomic E-state index is 8.40. The van der Waals surface area contributed by atoms with Gasteiger partial charge in [-0.15, -0.1) is 0 Å². The molecule has 0 amide bonds. The van der Waals surface area contributed by atoms with E-state index in [0.29, 0.717) is 0 Å². The van der Waals surface area contributed by atoms with Crippen LogP contribution in [0.5, 0.6) is 0 Å². The van der Waals surface area contributed by atoms with Gasteiger partial charge in [0.25, 0.3) is 0 Å². The van der Waals surface area contributed by atoms with Gasteiger partial charge in [0.05, 0.1) is 0 Å². The van der Waals surface area contributed by atoms with Crippen molar-refractivity contribution in [3.05, 3.63) is 0 Å². The van der Waals surface area contributed by atoms with E-state index in [-0.39, 0.29) is 38.6 Å². The summed E-state index contributed by atoms with van der Waals surface area (Å²) in [6, 6.07) is 0. The van der Waals surface area contributed by atoms with Crippen molar-refractivity contribution in [1.29, 1.82) is 0 Å². The van der Waals surface area contributed by atoms with Crippen LogP contribution in [0.15, 0.2) is 0 Å². The average molecular weight is 219 g/mol. The van der Waals surface area contributed by atoms with Crippen LogP contribution in [-0.4, -0.2) is 9.29 Å². The van der Waals surface area contributed by atoms with Crippen molar-refractivity contribution in [2.75, 3.05) is 0 Å². The Kier molecular flexibility index (Phi) is 19.9. The molecule has 0 saturated heterocycles. The summed E-state index contributed by atoms with van der Waals surface area (Å²) in [5.74, 6) is 0. The molecular formula is O2SiTb. The molecule has 0 unspecified atom stereocenters. The molecule has 0 spiro atoms. The molecule has 0 aliphatic rings. The van der Waals surface area contributed by atoms with Gasteiger partial charge in [0, 0.05) is 38.6 Å². The molecule has 1 radical (unpaired) electrons. The maximum Gasteiger partial charge on any atom is 0.549 e. The van der Waals surface area contributed by atoms with Crippen LogP contribution in [0, 0.1) is 38.6 Å². The van der Waals surface area contributed by atoms with E-state index < -0.39 is 9.29 Å². The Balaban J connectivity index is 0. The molecule has 0 aromatic carbocycles. The van der Waals surface area contributed by atoms with Gasteiger partial charge in [0.15, 0.2) is 0 Å². The van der Waals surface area contributed by atoms with Gasteiger partial charge < -0.3 is 0 Å². The molecule has 0 atom stereocenters. The van der Waals surface area contributed by atoms with Crippen molar-refractivity contribution in [2.45, 2.75) is 0 Å². The van der Waals surface area contributed by atoms with Gasteiger partial charge in [-0.2, -0.15) is 0 Å². The van der Waals surface area contributed by atoms with Gasteiger partial charge in [0.2, 0.25) is 0 Å². The number of rotatable bonds is 0. The maximum atomic E-state index is 8.40. The second kappa shape index (κ2) is 8.93. The molecule has 0 saturated carbocycles. The largest absolute Gasteiger partial charge is 0.549 e. The van der Waals surface area contributed by atoms with Crippen LogP contribution < -0.4 is 0 Å². The van der Waals surface area contributed by atoms with Gasteiger partial charge >= 0.3 is 9.29 Å². The van der Waals surface area contributed by atoms with Crippen LogP contribution in [0.3, 0.4) is 0 Å². The fourth-order valence-electron chi connectivity index (χ4n) is 0. The van der Waals surface area contributed by atoms with Gasteiger partial charge in [-0.3, -0.25) is 8.92 Å². The third-order valence-corrected chi connectivity index (χ3v) is 0. The summed E-state index contributed by atoms with van der Waals surface area (Å²) in [5.41, 5.74) is 0. The first-order valence-corrected chi connectivity index (χ1v) is 1.22. The molecule has 0 heterocycles. The predicted octanol–water partition coefficient (Wildman–Crippen LogP) is -0.618. The van der Waals surface area contributed by atoms with Crippen LogP contribution in [-0.2, 0) is 8.92 Å². The molecule has 0 aliphatic carbocycles. The van der Waals surface area contributed by atoms with E-state index in [1.807, 2.05) is 0 Å². The Labute approximate surface area is 56.3 Å². The molecule has 2 nitrogen and oxygen atoms in total. The monoisotopic (exact) mass is 219 g/mol. The van der Waals surface area contributed by atoms with Crippen LogP contribution in [0.1, 0.15) is 0 Å². The fourth-order valence-corrected chi connectivity index (χ4v) is 0. The molecule has 4 heteroatoms. The van der Waals surface area contributed by atoms with E-state index in [0.717, 1.165) is 0 Å². The van der Waals surface area contributed by atoms with E-state index in [9.17, 15) is 0 Å². The average Bonchev–Trinajstić information content (AvgIpc) is 0.918.